The number of nitrogens with zero attached hydrogens (tertiary/aromatic N) is 4. The summed E-state index contributed by atoms with van der Waals surface area (Å²) < 4.78 is 0.689. The number of nitrogens with two attached hydrogens (primary N) is 1. The van der Waals surface area contributed by atoms with Crippen molar-refractivity contribution in [2.75, 3.05) is 46.3 Å². The minimum absolute atomic E-state index is 0.0556. The van der Waals surface area contributed by atoms with E-state index in [0.29, 0.717) is 22.4 Å². The fourth-order valence-electron chi connectivity index (χ4n) is 3.18. The third-order valence-corrected chi connectivity index (χ3v) is 6.60. The van der Waals surface area contributed by atoms with Crippen LogP contribution in [0.2, 0.25) is 0 Å². The first-order valence-corrected chi connectivity index (χ1v) is 11.5. The summed E-state index contributed by atoms with van der Waals surface area (Å²) >= 11 is 2.52. The van der Waals surface area contributed by atoms with Gasteiger partial charge in [-0.3, -0.25) is 14.5 Å². The van der Waals surface area contributed by atoms with Crippen LogP contribution >= 0.6 is 23.1 Å². The number of nitrogen functional groups attached to an aromatic ring is 1. The van der Waals surface area contributed by atoms with Gasteiger partial charge in [0, 0.05) is 11.1 Å². The van der Waals surface area contributed by atoms with Crippen molar-refractivity contribution in [3.05, 3.63) is 34.5 Å². The summed E-state index contributed by atoms with van der Waals surface area (Å²) in [5.74, 6) is -1.94. The van der Waals surface area contributed by atoms with Crippen LogP contribution in [0.4, 0.5) is 5.13 Å². The Morgan fingerprint density at radius 3 is 2.75 bits per heavy atom. The Bertz CT molecular complexity index is 1030. The molecule has 1 saturated heterocycles. The molecular weight excluding hydrogens is 456 g/mol. The number of carbonyl (C=O) groups excluding carboxylic acids is 2. The van der Waals surface area contributed by atoms with Gasteiger partial charge in [-0.05, 0) is 11.6 Å². The lowest BCUT2D eigenvalue weighted by atomic mass is 10.0. The maximum absolute atomic E-state index is 12.8. The van der Waals surface area contributed by atoms with E-state index in [1.54, 1.807) is 11.5 Å². The van der Waals surface area contributed by atoms with Gasteiger partial charge in [0.2, 0.25) is 0 Å². The largest absolute Gasteiger partial charge is 0.477 e. The number of carboxylic acids is 1. The molecule has 2 amide bonds. The normalized spacial score (nSPS) is 21.4. The molecule has 2 aliphatic rings. The molecule has 1 fully saturated rings. The van der Waals surface area contributed by atoms with Gasteiger partial charge in [0.05, 0.1) is 27.7 Å². The molecule has 0 saturated carbocycles. The van der Waals surface area contributed by atoms with Crippen LogP contribution in [0.3, 0.4) is 0 Å². The zero-order valence-corrected chi connectivity index (χ0v) is 19.7. The van der Waals surface area contributed by atoms with Crippen molar-refractivity contribution in [2.24, 2.45) is 5.16 Å². The van der Waals surface area contributed by atoms with Gasteiger partial charge in [-0.1, -0.05) is 11.2 Å². The Balaban J connectivity index is 1.78. The summed E-state index contributed by atoms with van der Waals surface area (Å²) in [6, 6.07) is -0.892. The molecule has 1 aromatic rings. The number of thioether (sulfide) groups is 1. The molecular formula is C19H25N6O5S2+. The second kappa shape index (κ2) is 9.30. The lowest BCUT2D eigenvalue weighted by molar-refractivity contribution is -0.864. The minimum atomic E-state index is -1.18. The maximum Gasteiger partial charge on any atom is 0.352 e. The van der Waals surface area contributed by atoms with Crippen LogP contribution in [0.1, 0.15) is 5.69 Å². The molecule has 0 aromatic carbocycles. The summed E-state index contributed by atoms with van der Waals surface area (Å²) in [4.78, 5) is 47.5. The molecule has 4 N–H and O–H groups in total. The van der Waals surface area contributed by atoms with E-state index in [4.69, 9.17) is 10.6 Å². The van der Waals surface area contributed by atoms with Crippen molar-refractivity contribution in [1.29, 1.82) is 0 Å². The number of likely N-dealkylation sites (N-methyl/N-ethyl adjacent to an activating group) is 1. The van der Waals surface area contributed by atoms with Crippen LogP contribution in [0.25, 0.3) is 0 Å². The van der Waals surface area contributed by atoms with Gasteiger partial charge in [-0.25, -0.2) is 9.78 Å². The Morgan fingerprint density at radius 1 is 1.47 bits per heavy atom. The second-order valence-electron chi connectivity index (χ2n) is 8.11. The number of nitrogens with one attached hydrogen (secondary N) is 1. The van der Waals surface area contributed by atoms with Crippen LogP contribution in [-0.2, 0) is 19.2 Å². The molecule has 32 heavy (non-hydrogen) atoms. The van der Waals surface area contributed by atoms with Crippen molar-refractivity contribution in [3.63, 3.8) is 0 Å². The summed E-state index contributed by atoms with van der Waals surface area (Å²) in [6.45, 7) is 0.708. The number of fused-ring (bicyclic) bond motifs is 1. The number of hydrogen-bond acceptors (Lipinski definition) is 9. The van der Waals surface area contributed by atoms with E-state index in [0.717, 1.165) is 11.3 Å². The SMILES string of the molecule is CO/N=C(\C(=O)NC1C(=O)N2C(C(=O)O)=C(C=CC[N+](C)(C)C)CS[C@H]12)c1csc(N)n1. The molecule has 3 heterocycles. The first kappa shape index (κ1) is 23.8. The number of hydrogen-bond donors (Lipinski definition) is 3. The van der Waals surface area contributed by atoms with Gasteiger partial charge in [-0.2, -0.15) is 0 Å². The lowest BCUT2D eigenvalue weighted by Crippen LogP contribution is -2.71. The molecule has 172 valence electrons. The predicted octanol–water partition coefficient (Wildman–Crippen LogP) is 0.0768. The molecule has 0 radical (unpaired) electrons. The number of allylic oxidation sites excluding steroid dienone is 1. The number of quaternary nitrogens is 1. The third kappa shape index (κ3) is 4.95. The molecule has 0 aliphatic carbocycles. The monoisotopic (exact) mass is 481 g/mol. The van der Waals surface area contributed by atoms with Crippen LogP contribution in [0.5, 0.6) is 0 Å². The van der Waals surface area contributed by atoms with E-state index in [2.05, 4.69) is 15.5 Å². The molecule has 0 bridgehead atoms. The minimum Gasteiger partial charge on any atom is -0.477 e. The number of rotatable bonds is 8. The van der Waals surface area contributed by atoms with E-state index in [1.807, 2.05) is 27.2 Å². The number of anilines is 1. The van der Waals surface area contributed by atoms with Crippen LogP contribution in [0.15, 0.2) is 34.0 Å². The number of amides is 2. The molecule has 2 atom stereocenters. The van der Waals surface area contributed by atoms with Crippen LogP contribution in [0, 0.1) is 0 Å². The van der Waals surface area contributed by atoms with Gasteiger partial charge < -0.3 is 25.5 Å². The van der Waals surface area contributed by atoms with Gasteiger partial charge in [-0.15, -0.1) is 23.1 Å². The molecule has 1 aromatic heterocycles. The summed E-state index contributed by atoms with van der Waals surface area (Å²) in [6.07, 6.45) is 3.65. The van der Waals surface area contributed by atoms with Crippen molar-refractivity contribution < 1.29 is 28.8 Å². The van der Waals surface area contributed by atoms with E-state index in [9.17, 15) is 19.5 Å². The topological polar surface area (TPSA) is 147 Å². The average Bonchev–Trinajstić information content (AvgIpc) is 3.14. The molecule has 1 unspecified atom stereocenters. The van der Waals surface area contributed by atoms with Crippen molar-refractivity contribution in [1.82, 2.24) is 15.2 Å². The highest BCUT2D eigenvalue weighted by atomic mass is 32.2. The fourth-order valence-corrected chi connectivity index (χ4v) is 5.05. The van der Waals surface area contributed by atoms with E-state index < -0.39 is 29.2 Å². The lowest BCUT2D eigenvalue weighted by Gasteiger charge is -2.49. The Kier molecular flexibility index (Phi) is 6.91. The van der Waals surface area contributed by atoms with Gasteiger partial charge in [0.15, 0.2) is 10.8 Å². The number of carbonyl (C=O) groups is 3. The Labute approximate surface area is 193 Å². The first-order valence-electron chi connectivity index (χ1n) is 9.55. The smallest absolute Gasteiger partial charge is 0.352 e. The first-order chi connectivity index (χ1) is 15.0. The van der Waals surface area contributed by atoms with Gasteiger partial charge in [0.1, 0.15) is 29.9 Å². The highest BCUT2D eigenvalue weighted by Gasteiger charge is 2.54. The second-order valence-corrected chi connectivity index (χ2v) is 10.1. The molecule has 0 spiro atoms. The average molecular weight is 482 g/mol. The Morgan fingerprint density at radius 2 is 2.19 bits per heavy atom. The third-order valence-electron chi connectivity index (χ3n) is 4.62. The molecule has 13 heteroatoms. The van der Waals surface area contributed by atoms with Crippen LogP contribution < -0.4 is 11.1 Å². The number of aliphatic carboxylic acids is 1. The number of thiazole rings is 1. The highest BCUT2D eigenvalue weighted by molar-refractivity contribution is 8.00. The van der Waals surface area contributed by atoms with Crippen molar-refractivity contribution in [2.45, 2.75) is 11.4 Å². The fraction of sp³-hybridized carbons (Fsp3) is 0.421. The van der Waals surface area contributed by atoms with Crippen LogP contribution in [-0.4, -0.2) is 94.9 Å². The number of aromatic nitrogens is 1. The summed E-state index contributed by atoms with van der Waals surface area (Å²) in [5, 5.41) is 17.3. The highest BCUT2D eigenvalue weighted by Crippen LogP contribution is 2.40. The molecule has 11 nitrogen and oxygen atoms in total. The zero-order chi connectivity index (χ0) is 23.6. The van der Waals surface area contributed by atoms with Gasteiger partial charge >= 0.3 is 5.97 Å². The molecule has 2 aliphatic heterocycles. The van der Waals surface area contributed by atoms with Gasteiger partial charge in [0.25, 0.3) is 11.8 Å². The quantitative estimate of drug-likeness (QED) is 0.205. The van der Waals surface area contributed by atoms with E-state index in [-0.39, 0.29) is 22.2 Å². The number of carboxylic acid groups (broad SMARTS) is 1. The van der Waals surface area contributed by atoms with E-state index in [1.165, 1.54) is 23.8 Å². The zero-order valence-electron chi connectivity index (χ0n) is 18.1. The Hall–Kier alpha value is -2.90. The van der Waals surface area contributed by atoms with Crippen molar-refractivity contribution in [3.8, 4) is 0 Å². The molecule has 3 rings (SSSR count). The van der Waals surface area contributed by atoms with Crippen molar-refractivity contribution >= 4 is 51.7 Å². The standard InChI is InChI=1S/C19H24N6O5S2/c1-25(2,3)7-5-6-10-8-31-17-13(16(27)24(17)14(10)18(28)29)22-15(26)12(23-30-4)11-9-32-19(20)21-11/h5-6,9,13,17H,7-8H2,1-4H3,(H3-,20,21,22,26,28,29)/p+1/b6-5?,23-12-/t13?,17-/m1/s1. The summed E-state index contributed by atoms with van der Waals surface area (Å²) in [5.41, 5.74) is 6.23. The number of oxime groups is 1. The predicted molar refractivity (Wildman–Crippen MR) is 122 cm³/mol. The summed E-state index contributed by atoms with van der Waals surface area (Å²) in [7, 11) is 7.36. The maximum atomic E-state index is 12.8. The number of β-lactam (4-membered cyclic amide) rings is 1. The van der Waals surface area contributed by atoms with E-state index >= 15 is 0 Å².